The molecule has 1 rings (SSSR count). The standard InChI is InChI=1S/C9H12N2/c1-4-8(5-2)9-6-7(3)10-11-9/h4-6H,1H2,2-3H3,(H,10,11)/b8-5+. The minimum atomic E-state index is 0.958. The normalized spacial score (nSPS) is 11.6. The molecule has 0 aliphatic carbocycles. The first-order valence-corrected chi connectivity index (χ1v) is 3.59. The highest BCUT2D eigenvalue weighted by atomic mass is 15.1. The second-order valence-electron chi connectivity index (χ2n) is 2.38. The molecular formula is C9H12N2. The molecule has 1 aromatic rings. The summed E-state index contributed by atoms with van der Waals surface area (Å²) >= 11 is 0. The van der Waals surface area contributed by atoms with Crippen molar-refractivity contribution in [1.29, 1.82) is 0 Å². The number of aromatic nitrogens is 2. The van der Waals surface area contributed by atoms with Gasteiger partial charge in [0, 0.05) is 5.69 Å². The Labute approximate surface area is 66.6 Å². The zero-order valence-electron chi connectivity index (χ0n) is 6.89. The quantitative estimate of drug-likeness (QED) is 0.640. The van der Waals surface area contributed by atoms with E-state index in [0.29, 0.717) is 0 Å². The Balaban J connectivity index is 3.00. The minimum Gasteiger partial charge on any atom is -0.282 e. The molecule has 0 atom stereocenters. The Hall–Kier alpha value is -1.31. The van der Waals surface area contributed by atoms with Crippen molar-refractivity contribution in [2.75, 3.05) is 0 Å². The highest BCUT2D eigenvalue weighted by Gasteiger charge is 1.98. The van der Waals surface area contributed by atoms with Gasteiger partial charge in [0.05, 0.1) is 5.69 Å². The largest absolute Gasteiger partial charge is 0.282 e. The van der Waals surface area contributed by atoms with Crippen molar-refractivity contribution in [3.05, 3.63) is 36.2 Å². The van der Waals surface area contributed by atoms with Crippen LogP contribution in [-0.4, -0.2) is 10.2 Å². The average molecular weight is 148 g/mol. The summed E-state index contributed by atoms with van der Waals surface area (Å²) in [5.41, 5.74) is 3.09. The highest BCUT2D eigenvalue weighted by Crippen LogP contribution is 2.12. The predicted octanol–water partition coefficient (Wildman–Crippen LogP) is 2.31. The fourth-order valence-electron chi connectivity index (χ4n) is 0.936. The van der Waals surface area contributed by atoms with Crippen LogP contribution in [-0.2, 0) is 0 Å². The van der Waals surface area contributed by atoms with E-state index in [1.54, 1.807) is 6.08 Å². The Bertz CT molecular complexity index is 282. The molecule has 1 N–H and O–H groups in total. The van der Waals surface area contributed by atoms with Gasteiger partial charge in [0.2, 0.25) is 0 Å². The number of rotatable bonds is 2. The number of hydrogen-bond donors (Lipinski definition) is 1. The summed E-state index contributed by atoms with van der Waals surface area (Å²) in [5.74, 6) is 0. The second-order valence-corrected chi connectivity index (χ2v) is 2.38. The molecule has 0 amide bonds. The van der Waals surface area contributed by atoms with Gasteiger partial charge in [0.1, 0.15) is 0 Å². The molecule has 2 heteroatoms. The van der Waals surface area contributed by atoms with Crippen LogP contribution in [0.25, 0.3) is 5.57 Å². The topological polar surface area (TPSA) is 28.7 Å². The van der Waals surface area contributed by atoms with E-state index in [2.05, 4.69) is 16.8 Å². The summed E-state index contributed by atoms with van der Waals surface area (Å²) in [6, 6.07) is 2.00. The van der Waals surface area contributed by atoms with Crippen molar-refractivity contribution in [2.45, 2.75) is 13.8 Å². The van der Waals surface area contributed by atoms with Crippen molar-refractivity contribution >= 4 is 5.57 Å². The van der Waals surface area contributed by atoms with Gasteiger partial charge < -0.3 is 0 Å². The number of aryl methyl sites for hydroxylation is 1. The van der Waals surface area contributed by atoms with Gasteiger partial charge in [-0.2, -0.15) is 5.10 Å². The Morgan fingerprint density at radius 2 is 2.45 bits per heavy atom. The molecular weight excluding hydrogens is 136 g/mol. The molecule has 2 nitrogen and oxygen atoms in total. The van der Waals surface area contributed by atoms with Crippen LogP contribution < -0.4 is 0 Å². The maximum absolute atomic E-state index is 4.09. The molecule has 0 saturated carbocycles. The summed E-state index contributed by atoms with van der Waals surface area (Å²) in [7, 11) is 0. The summed E-state index contributed by atoms with van der Waals surface area (Å²) in [5, 5.41) is 6.97. The van der Waals surface area contributed by atoms with E-state index in [1.807, 2.05) is 26.0 Å². The van der Waals surface area contributed by atoms with Crippen LogP contribution in [0.3, 0.4) is 0 Å². The van der Waals surface area contributed by atoms with Crippen LogP contribution in [0.5, 0.6) is 0 Å². The smallest absolute Gasteiger partial charge is 0.0919 e. The number of H-pyrrole nitrogens is 1. The van der Waals surface area contributed by atoms with Crippen LogP contribution in [0.2, 0.25) is 0 Å². The number of nitrogens with zero attached hydrogens (tertiary/aromatic N) is 1. The molecule has 1 heterocycles. The van der Waals surface area contributed by atoms with E-state index >= 15 is 0 Å². The van der Waals surface area contributed by atoms with E-state index in [4.69, 9.17) is 0 Å². The van der Waals surface area contributed by atoms with E-state index in [1.165, 1.54) is 0 Å². The molecule has 0 radical (unpaired) electrons. The van der Waals surface area contributed by atoms with Crippen molar-refractivity contribution < 1.29 is 0 Å². The molecule has 1 aromatic heterocycles. The fourth-order valence-corrected chi connectivity index (χ4v) is 0.936. The Kier molecular flexibility index (Phi) is 2.26. The van der Waals surface area contributed by atoms with Crippen molar-refractivity contribution in [1.82, 2.24) is 10.2 Å². The van der Waals surface area contributed by atoms with E-state index in [0.717, 1.165) is 17.0 Å². The van der Waals surface area contributed by atoms with Crippen molar-refractivity contribution in [2.24, 2.45) is 0 Å². The number of allylic oxidation sites excluding steroid dienone is 3. The van der Waals surface area contributed by atoms with Gasteiger partial charge in [-0.1, -0.05) is 18.7 Å². The lowest BCUT2D eigenvalue weighted by atomic mass is 10.2. The van der Waals surface area contributed by atoms with Gasteiger partial charge in [-0.05, 0) is 25.5 Å². The number of hydrogen-bond acceptors (Lipinski definition) is 1. The summed E-state index contributed by atoms with van der Waals surface area (Å²) in [6.07, 6.45) is 3.79. The first-order chi connectivity index (χ1) is 5.27. The predicted molar refractivity (Wildman–Crippen MR) is 47.2 cm³/mol. The lowest BCUT2D eigenvalue weighted by Crippen LogP contribution is -1.78. The minimum absolute atomic E-state index is 0.958. The van der Waals surface area contributed by atoms with E-state index < -0.39 is 0 Å². The van der Waals surface area contributed by atoms with Crippen LogP contribution in [0.15, 0.2) is 24.8 Å². The van der Waals surface area contributed by atoms with Gasteiger partial charge in [-0.15, -0.1) is 0 Å². The molecule has 0 unspecified atom stereocenters. The van der Waals surface area contributed by atoms with Gasteiger partial charge >= 0.3 is 0 Å². The third-order valence-corrected chi connectivity index (χ3v) is 1.53. The fraction of sp³-hybridized carbons (Fsp3) is 0.222. The number of nitrogens with one attached hydrogen (secondary N) is 1. The first kappa shape index (κ1) is 7.79. The van der Waals surface area contributed by atoms with Gasteiger partial charge in [0.25, 0.3) is 0 Å². The molecule has 11 heavy (non-hydrogen) atoms. The maximum Gasteiger partial charge on any atom is 0.0919 e. The molecule has 58 valence electrons. The lowest BCUT2D eigenvalue weighted by molar-refractivity contribution is 1.04. The monoisotopic (exact) mass is 148 g/mol. The molecule has 0 saturated heterocycles. The molecule has 0 aliphatic heterocycles. The van der Waals surface area contributed by atoms with Crippen molar-refractivity contribution in [3.8, 4) is 0 Å². The number of aromatic amines is 1. The molecule has 0 aliphatic rings. The van der Waals surface area contributed by atoms with Crippen LogP contribution >= 0.6 is 0 Å². The average Bonchev–Trinajstić information content (AvgIpc) is 2.39. The zero-order valence-corrected chi connectivity index (χ0v) is 6.89. The van der Waals surface area contributed by atoms with Crippen LogP contribution in [0.4, 0.5) is 0 Å². The molecule has 0 fully saturated rings. The summed E-state index contributed by atoms with van der Waals surface area (Å²) < 4.78 is 0. The van der Waals surface area contributed by atoms with Crippen molar-refractivity contribution in [3.63, 3.8) is 0 Å². The first-order valence-electron chi connectivity index (χ1n) is 3.59. The zero-order chi connectivity index (χ0) is 8.27. The molecule has 0 aromatic carbocycles. The molecule has 0 spiro atoms. The highest BCUT2D eigenvalue weighted by molar-refractivity contribution is 5.70. The van der Waals surface area contributed by atoms with E-state index in [9.17, 15) is 0 Å². The van der Waals surface area contributed by atoms with Crippen LogP contribution in [0, 0.1) is 6.92 Å². The molecule has 0 bridgehead atoms. The second kappa shape index (κ2) is 3.19. The lowest BCUT2D eigenvalue weighted by Gasteiger charge is -1.91. The third-order valence-electron chi connectivity index (χ3n) is 1.53. The van der Waals surface area contributed by atoms with E-state index in [-0.39, 0.29) is 0 Å². The van der Waals surface area contributed by atoms with Gasteiger partial charge in [-0.3, -0.25) is 5.10 Å². The Morgan fingerprint density at radius 1 is 1.73 bits per heavy atom. The Morgan fingerprint density at radius 3 is 2.82 bits per heavy atom. The van der Waals surface area contributed by atoms with Gasteiger partial charge in [-0.25, -0.2) is 0 Å². The summed E-state index contributed by atoms with van der Waals surface area (Å²) in [4.78, 5) is 0. The van der Waals surface area contributed by atoms with Crippen LogP contribution in [0.1, 0.15) is 18.3 Å². The SMILES string of the molecule is C=C/C(=C\C)c1cc(C)[nH]n1. The van der Waals surface area contributed by atoms with Gasteiger partial charge in [0.15, 0.2) is 0 Å². The summed E-state index contributed by atoms with van der Waals surface area (Å²) in [6.45, 7) is 7.65. The third kappa shape index (κ3) is 1.58. The maximum atomic E-state index is 4.09.